The molecule has 3 nitrogen and oxygen atoms in total. The highest BCUT2D eigenvalue weighted by Gasteiger charge is 2.00. The third-order valence-electron chi connectivity index (χ3n) is 2.60. The van der Waals surface area contributed by atoms with Gasteiger partial charge in [-0.15, -0.1) is 0 Å². The van der Waals surface area contributed by atoms with E-state index in [0.29, 0.717) is 5.75 Å². The van der Waals surface area contributed by atoms with Crippen LogP contribution >= 0.6 is 12.2 Å². The molecular weight excluding hydrogens is 254 g/mol. The Kier molecular flexibility index (Phi) is 10.7. The first kappa shape index (κ1) is 16.8. The minimum absolute atomic E-state index is 0.336. The number of hydrogen-bond donors (Lipinski definition) is 0. The van der Waals surface area contributed by atoms with Gasteiger partial charge in [0.1, 0.15) is 9.84 Å². The number of isothiocyanates is 1. The first-order chi connectivity index (χ1) is 8.06. The number of hydrogen-bond acceptors (Lipinski definition) is 4. The Morgan fingerprint density at radius 1 is 0.941 bits per heavy atom. The number of aliphatic imine (C=N–C) groups is 1. The van der Waals surface area contributed by atoms with Crippen LogP contribution in [0.2, 0.25) is 0 Å². The fraction of sp³-hybridized carbons (Fsp3) is 0.917. The van der Waals surface area contributed by atoms with Crippen molar-refractivity contribution in [3.8, 4) is 0 Å². The van der Waals surface area contributed by atoms with Crippen LogP contribution in [0, 0.1) is 0 Å². The minimum atomic E-state index is -2.76. The van der Waals surface area contributed by atoms with E-state index in [4.69, 9.17) is 0 Å². The van der Waals surface area contributed by atoms with Crippen molar-refractivity contribution < 1.29 is 8.42 Å². The summed E-state index contributed by atoms with van der Waals surface area (Å²) in [7, 11) is -2.76. The second kappa shape index (κ2) is 10.9. The molecule has 17 heavy (non-hydrogen) atoms. The van der Waals surface area contributed by atoms with E-state index in [-0.39, 0.29) is 0 Å². The molecule has 0 atom stereocenters. The van der Waals surface area contributed by atoms with Crippen LogP contribution in [0.1, 0.15) is 51.4 Å². The normalized spacial score (nSPS) is 11.1. The van der Waals surface area contributed by atoms with Crippen LogP contribution in [0.25, 0.3) is 0 Å². The third-order valence-corrected chi connectivity index (χ3v) is 3.76. The Bertz CT molecular complexity index is 319. The summed E-state index contributed by atoms with van der Waals surface area (Å²) in [5.41, 5.74) is 0. The van der Waals surface area contributed by atoms with Crippen molar-refractivity contribution in [1.29, 1.82) is 0 Å². The lowest BCUT2D eigenvalue weighted by Crippen LogP contribution is -2.02. The maximum absolute atomic E-state index is 10.9. The van der Waals surface area contributed by atoms with Gasteiger partial charge in [-0.1, -0.05) is 38.5 Å². The van der Waals surface area contributed by atoms with Gasteiger partial charge in [-0.3, -0.25) is 0 Å². The summed E-state index contributed by atoms with van der Waals surface area (Å²) in [5, 5.41) is 2.36. The Morgan fingerprint density at radius 3 is 1.88 bits per heavy atom. The summed E-state index contributed by atoms with van der Waals surface area (Å²) < 4.78 is 21.7. The van der Waals surface area contributed by atoms with E-state index in [1.165, 1.54) is 31.9 Å². The van der Waals surface area contributed by atoms with Crippen LogP contribution < -0.4 is 0 Å². The quantitative estimate of drug-likeness (QED) is 0.331. The largest absolute Gasteiger partial charge is 0.233 e. The summed E-state index contributed by atoms with van der Waals surface area (Å²) in [6, 6.07) is 0. The van der Waals surface area contributed by atoms with Crippen LogP contribution in [0.15, 0.2) is 4.99 Å². The van der Waals surface area contributed by atoms with Crippen molar-refractivity contribution in [2.45, 2.75) is 51.4 Å². The Hall–Kier alpha value is -0.250. The lowest BCUT2D eigenvalue weighted by molar-refractivity contribution is 0.571. The Balaban J connectivity index is 3.11. The minimum Gasteiger partial charge on any atom is -0.233 e. The maximum atomic E-state index is 10.9. The number of rotatable bonds is 11. The van der Waals surface area contributed by atoms with E-state index < -0.39 is 9.84 Å². The molecule has 0 N–H and O–H groups in total. The highest BCUT2D eigenvalue weighted by molar-refractivity contribution is 7.90. The van der Waals surface area contributed by atoms with E-state index in [9.17, 15) is 8.42 Å². The molecule has 0 aliphatic rings. The molecule has 5 heteroatoms. The van der Waals surface area contributed by atoms with E-state index >= 15 is 0 Å². The molecule has 0 saturated carbocycles. The van der Waals surface area contributed by atoms with Gasteiger partial charge in [0.25, 0.3) is 0 Å². The Labute approximate surface area is 111 Å². The molecule has 0 aliphatic heterocycles. The van der Waals surface area contributed by atoms with Gasteiger partial charge in [0.05, 0.1) is 5.16 Å². The van der Waals surface area contributed by atoms with Crippen LogP contribution in [0.3, 0.4) is 0 Å². The first-order valence-corrected chi connectivity index (χ1v) is 8.74. The zero-order valence-corrected chi connectivity index (χ0v) is 12.3. The first-order valence-electron chi connectivity index (χ1n) is 6.27. The fourth-order valence-electron chi connectivity index (χ4n) is 1.66. The predicted molar refractivity (Wildman–Crippen MR) is 76.5 cm³/mol. The van der Waals surface area contributed by atoms with Gasteiger partial charge < -0.3 is 0 Å². The van der Waals surface area contributed by atoms with Crippen molar-refractivity contribution in [3.63, 3.8) is 0 Å². The molecule has 0 aromatic carbocycles. The highest BCUT2D eigenvalue weighted by atomic mass is 32.2. The molecule has 0 unspecified atom stereocenters. The van der Waals surface area contributed by atoms with Crippen LogP contribution in [-0.4, -0.2) is 32.1 Å². The van der Waals surface area contributed by atoms with Crippen molar-refractivity contribution >= 4 is 27.2 Å². The van der Waals surface area contributed by atoms with E-state index in [1.54, 1.807) is 0 Å². The molecule has 0 saturated heterocycles. The molecule has 0 aliphatic carbocycles. The number of thiocarbonyl (C=S) groups is 1. The molecule has 0 bridgehead atoms. The average molecular weight is 277 g/mol. The lowest BCUT2D eigenvalue weighted by Gasteiger charge is -2.01. The van der Waals surface area contributed by atoms with E-state index in [0.717, 1.165) is 32.2 Å². The van der Waals surface area contributed by atoms with Gasteiger partial charge in [-0.25, -0.2) is 13.4 Å². The average Bonchev–Trinajstić information content (AvgIpc) is 2.24. The maximum Gasteiger partial charge on any atom is 0.147 e. The SMILES string of the molecule is CS(=O)(=O)CCCCCCCCCCN=C=S. The molecule has 0 aromatic heterocycles. The van der Waals surface area contributed by atoms with E-state index in [1.807, 2.05) is 0 Å². The molecule has 0 aromatic rings. The van der Waals surface area contributed by atoms with Crippen molar-refractivity contribution in [2.24, 2.45) is 4.99 Å². The van der Waals surface area contributed by atoms with Gasteiger partial charge in [0, 0.05) is 18.6 Å². The zero-order valence-electron chi connectivity index (χ0n) is 10.7. The van der Waals surface area contributed by atoms with Crippen LogP contribution in [0.4, 0.5) is 0 Å². The number of unbranched alkanes of at least 4 members (excludes halogenated alkanes) is 7. The zero-order chi connectivity index (χ0) is 13.0. The summed E-state index contributed by atoms with van der Waals surface area (Å²) in [5.74, 6) is 0.336. The summed E-state index contributed by atoms with van der Waals surface area (Å²) >= 11 is 4.48. The Morgan fingerprint density at radius 2 is 1.41 bits per heavy atom. The molecular formula is C12H23NO2S2. The van der Waals surface area contributed by atoms with Gasteiger partial charge in [-0.05, 0) is 25.1 Å². The highest BCUT2D eigenvalue weighted by Crippen LogP contribution is 2.09. The summed E-state index contributed by atoms with van der Waals surface area (Å²) in [6.07, 6.45) is 10.3. The molecule has 0 heterocycles. The molecule has 0 rings (SSSR count). The van der Waals surface area contributed by atoms with Crippen LogP contribution in [-0.2, 0) is 9.84 Å². The van der Waals surface area contributed by atoms with Gasteiger partial charge in [-0.2, -0.15) is 0 Å². The second-order valence-corrected chi connectivity index (χ2v) is 6.87. The van der Waals surface area contributed by atoms with Gasteiger partial charge >= 0.3 is 0 Å². The van der Waals surface area contributed by atoms with Gasteiger partial charge in [0.2, 0.25) is 0 Å². The molecule has 0 fully saturated rings. The molecule has 0 amide bonds. The van der Waals surface area contributed by atoms with Crippen molar-refractivity contribution in [3.05, 3.63) is 0 Å². The summed E-state index contributed by atoms with van der Waals surface area (Å²) in [4.78, 5) is 3.86. The van der Waals surface area contributed by atoms with Crippen molar-refractivity contribution in [2.75, 3.05) is 18.6 Å². The lowest BCUT2D eigenvalue weighted by atomic mass is 10.1. The molecule has 0 spiro atoms. The monoisotopic (exact) mass is 277 g/mol. The van der Waals surface area contributed by atoms with Gasteiger partial charge in [0.15, 0.2) is 0 Å². The smallest absolute Gasteiger partial charge is 0.147 e. The van der Waals surface area contributed by atoms with Crippen LogP contribution in [0.5, 0.6) is 0 Å². The number of sulfone groups is 1. The number of nitrogens with zero attached hydrogens (tertiary/aromatic N) is 1. The standard InChI is InChI=1S/C12H23NO2S2/c1-17(14,15)11-9-7-5-3-2-4-6-8-10-13-12-16/h2-11H2,1H3. The second-order valence-electron chi connectivity index (χ2n) is 4.43. The van der Waals surface area contributed by atoms with Crippen molar-refractivity contribution in [1.82, 2.24) is 0 Å². The molecule has 100 valence electrons. The van der Waals surface area contributed by atoms with E-state index in [2.05, 4.69) is 22.4 Å². The summed E-state index contributed by atoms with van der Waals surface area (Å²) in [6.45, 7) is 0.803. The fourth-order valence-corrected chi connectivity index (χ4v) is 2.48. The predicted octanol–water partition coefficient (Wildman–Crippen LogP) is 3.25. The third kappa shape index (κ3) is 15.8. The molecule has 0 radical (unpaired) electrons. The topological polar surface area (TPSA) is 46.5 Å².